The number of amides is 1. The number of aliphatic carboxylic acids is 1. The summed E-state index contributed by atoms with van der Waals surface area (Å²) in [7, 11) is 0. The number of aryl methyl sites for hydroxylation is 1. The van der Waals surface area contributed by atoms with Crippen molar-refractivity contribution in [3.05, 3.63) is 28.2 Å². The lowest BCUT2D eigenvalue weighted by molar-refractivity contribution is -0.146. The second kappa shape index (κ2) is 8.69. The Bertz CT molecular complexity index is 767. The van der Waals surface area contributed by atoms with Crippen molar-refractivity contribution in [2.75, 3.05) is 11.9 Å². The lowest BCUT2D eigenvalue weighted by atomic mass is 9.82. The third kappa shape index (κ3) is 4.24. The van der Waals surface area contributed by atoms with Gasteiger partial charge in [-0.15, -0.1) is 11.3 Å². The summed E-state index contributed by atoms with van der Waals surface area (Å²) in [5.74, 6) is -3.09. The predicted molar refractivity (Wildman–Crippen MR) is 103 cm³/mol. The van der Waals surface area contributed by atoms with Gasteiger partial charge in [0.1, 0.15) is 5.00 Å². The highest BCUT2D eigenvalue weighted by Gasteiger charge is 2.35. The van der Waals surface area contributed by atoms with E-state index in [-0.39, 0.29) is 12.5 Å². The van der Waals surface area contributed by atoms with Crippen LogP contribution in [0.25, 0.3) is 0 Å². The molecule has 1 aromatic heterocycles. The van der Waals surface area contributed by atoms with Gasteiger partial charge in [-0.05, 0) is 51.0 Å². The predicted octanol–water partition coefficient (Wildman–Crippen LogP) is 3.80. The van der Waals surface area contributed by atoms with Crippen LogP contribution in [-0.4, -0.2) is 29.6 Å². The quantitative estimate of drug-likeness (QED) is 0.452. The number of rotatable bonds is 5. The number of hydrogen-bond donors (Lipinski definition) is 2. The Hall–Kier alpha value is -2.15. The summed E-state index contributed by atoms with van der Waals surface area (Å²) < 4.78 is 5.23. The van der Waals surface area contributed by atoms with Gasteiger partial charge in [-0.1, -0.05) is 18.6 Å². The fourth-order valence-electron chi connectivity index (χ4n) is 3.83. The standard InChI is InChI=1S/C20H25NO5S/c1-2-26-20(25)16-14-10-4-3-5-11-15(14)27-18(16)21-17(22)12-8-6-7-9-13(12)19(23)24/h6-7,12-13H,2-5,8-11H2,1H3,(H,21,22)(H,23,24)/t12-,13-/m1/s1. The molecule has 0 unspecified atom stereocenters. The summed E-state index contributed by atoms with van der Waals surface area (Å²) >= 11 is 1.43. The zero-order valence-corrected chi connectivity index (χ0v) is 16.3. The van der Waals surface area contributed by atoms with Crippen molar-refractivity contribution in [2.45, 2.75) is 51.9 Å². The first-order valence-electron chi connectivity index (χ1n) is 9.53. The summed E-state index contributed by atoms with van der Waals surface area (Å²) in [6.45, 7) is 2.03. The van der Waals surface area contributed by atoms with Crippen LogP contribution in [0.15, 0.2) is 12.2 Å². The fourth-order valence-corrected chi connectivity index (χ4v) is 5.11. The number of carboxylic acid groups (broad SMARTS) is 1. The number of hydrogen-bond acceptors (Lipinski definition) is 5. The van der Waals surface area contributed by atoms with E-state index in [2.05, 4.69) is 5.32 Å². The monoisotopic (exact) mass is 391 g/mol. The van der Waals surface area contributed by atoms with Gasteiger partial charge in [0.15, 0.2) is 0 Å². The van der Waals surface area contributed by atoms with E-state index >= 15 is 0 Å². The number of carboxylic acids is 1. The van der Waals surface area contributed by atoms with Crippen LogP contribution in [-0.2, 0) is 27.2 Å². The van der Waals surface area contributed by atoms with Crippen molar-refractivity contribution in [1.82, 2.24) is 0 Å². The van der Waals surface area contributed by atoms with Crippen molar-refractivity contribution in [2.24, 2.45) is 11.8 Å². The zero-order valence-electron chi connectivity index (χ0n) is 15.5. The van der Waals surface area contributed by atoms with E-state index < -0.39 is 23.8 Å². The van der Waals surface area contributed by atoms with Gasteiger partial charge in [0.25, 0.3) is 0 Å². The first-order chi connectivity index (χ1) is 13.0. The summed E-state index contributed by atoms with van der Waals surface area (Å²) in [4.78, 5) is 38.0. The fraction of sp³-hybridized carbons (Fsp3) is 0.550. The molecule has 3 rings (SSSR count). The molecule has 1 aromatic rings. The first kappa shape index (κ1) is 19.6. The van der Waals surface area contributed by atoms with Gasteiger partial charge in [0.05, 0.1) is 24.0 Å². The number of allylic oxidation sites excluding steroid dienone is 2. The van der Waals surface area contributed by atoms with Crippen LogP contribution >= 0.6 is 11.3 Å². The van der Waals surface area contributed by atoms with Crippen molar-refractivity contribution >= 4 is 34.2 Å². The van der Waals surface area contributed by atoms with Gasteiger partial charge in [-0.2, -0.15) is 0 Å². The van der Waals surface area contributed by atoms with Gasteiger partial charge in [-0.25, -0.2) is 4.79 Å². The van der Waals surface area contributed by atoms with E-state index in [0.717, 1.165) is 42.5 Å². The minimum Gasteiger partial charge on any atom is -0.481 e. The number of esters is 1. The van der Waals surface area contributed by atoms with Gasteiger partial charge >= 0.3 is 11.9 Å². The summed E-state index contributed by atoms with van der Waals surface area (Å²) in [5.41, 5.74) is 1.45. The molecular formula is C20H25NO5S. The van der Waals surface area contributed by atoms with Crippen LogP contribution in [0.4, 0.5) is 5.00 Å². The maximum atomic E-state index is 12.8. The SMILES string of the molecule is CCOC(=O)c1c(NC(=O)[C@@H]2CC=CC[C@H]2C(=O)O)sc2c1CCCCC2. The molecule has 146 valence electrons. The Kier molecular flexibility index (Phi) is 6.31. The molecule has 7 heteroatoms. The number of carbonyl (C=O) groups excluding carboxylic acids is 2. The Balaban J connectivity index is 1.89. The van der Waals surface area contributed by atoms with Crippen molar-refractivity contribution in [3.63, 3.8) is 0 Å². The van der Waals surface area contributed by atoms with E-state index in [9.17, 15) is 19.5 Å². The van der Waals surface area contributed by atoms with E-state index in [1.54, 1.807) is 13.0 Å². The number of ether oxygens (including phenoxy) is 1. The molecule has 0 saturated carbocycles. The topological polar surface area (TPSA) is 92.7 Å². The Morgan fingerprint density at radius 2 is 1.85 bits per heavy atom. The highest BCUT2D eigenvalue weighted by molar-refractivity contribution is 7.17. The molecular weight excluding hydrogens is 366 g/mol. The molecule has 27 heavy (non-hydrogen) atoms. The highest BCUT2D eigenvalue weighted by Crippen LogP contribution is 2.39. The third-order valence-electron chi connectivity index (χ3n) is 5.22. The highest BCUT2D eigenvalue weighted by atomic mass is 32.1. The van der Waals surface area contributed by atoms with Crippen LogP contribution in [0.1, 0.15) is 59.8 Å². The van der Waals surface area contributed by atoms with Crippen LogP contribution in [0.5, 0.6) is 0 Å². The Labute approximate surface area is 162 Å². The average molecular weight is 391 g/mol. The van der Waals surface area contributed by atoms with Gasteiger partial charge in [-0.3, -0.25) is 9.59 Å². The minimum absolute atomic E-state index is 0.269. The van der Waals surface area contributed by atoms with E-state index in [0.29, 0.717) is 23.4 Å². The molecule has 2 aliphatic carbocycles. The molecule has 0 radical (unpaired) electrons. The normalized spacial score (nSPS) is 21.8. The van der Waals surface area contributed by atoms with Gasteiger partial charge < -0.3 is 15.2 Å². The summed E-state index contributed by atoms with van der Waals surface area (Å²) in [6.07, 6.45) is 9.29. The summed E-state index contributed by atoms with van der Waals surface area (Å²) in [6, 6.07) is 0. The molecule has 0 bridgehead atoms. The van der Waals surface area contributed by atoms with Gasteiger partial charge in [0.2, 0.25) is 5.91 Å². The average Bonchev–Trinajstić information content (AvgIpc) is 2.82. The number of fused-ring (bicyclic) bond motifs is 1. The molecule has 2 N–H and O–H groups in total. The van der Waals surface area contributed by atoms with Gasteiger partial charge in [0, 0.05) is 4.88 Å². The molecule has 0 saturated heterocycles. The Morgan fingerprint density at radius 3 is 2.56 bits per heavy atom. The number of anilines is 1. The first-order valence-corrected chi connectivity index (χ1v) is 10.3. The Morgan fingerprint density at radius 1 is 1.15 bits per heavy atom. The second-order valence-corrected chi connectivity index (χ2v) is 8.08. The van der Waals surface area contributed by atoms with Crippen LogP contribution in [0.3, 0.4) is 0 Å². The molecule has 2 aliphatic rings. The number of carbonyl (C=O) groups is 3. The van der Waals surface area contributed by atoms with Crippen molar-refractivity contribution < 1.29 is 24.2 Å². The van der Waals surface area contributed by atoms with Crippen molar-refractivity contribution in [1.29, 1.82) is 0 Å². The second-order valence-electron chi connectivity index (χ2n) is 6.97. The third-order valence-corrected chi connectivity index (χ3v) is 6.43. The lowest BCUT2D eigenvalue weighted by Crippen LogP contribution is -2.34. The minimum atomic E-state index is -0.966. The molecule has 0 aromatic carbocycles. The molecule has 1 heterocycles. The van der Waals surface area contributed by atoms with Crippen LogP contribution in [0.2, 0.25) is 0 Å². The smallest absolute Gasteiger partial charge is 0.341 e. The van der Waals surface area contributed by atoms with E-state index in [1.807, 2.05) is 6.08 Å². The van der Waals surface area contributed by atoms with Crippen LogP contribution in [0, 0.1) is 11.8 Å². The molecule has 6 nitrogen and oxygen atoms in total. The van der Waals surface area contributed by atoms with Crippen molar-refractivity contribution in [3.8, 4) is 0 Å². The summed E-state index contributed by atoms with van der Waals surface area (Å²) in [5, 5.41) is 12.8. The number of nitrogens with one attached hydrogen (secondary N) is 1. The molecule has 1 amide bonds. The maximum Gasteiger partial charge on any atom is 0.341 e. The molecule has 0 aliphatic heterocycles. The maximum absolute atomic E-state index is 12.8. The zero-order chi connectivity index (χ0) is 19.4. The van der Waals surface area contributed by atoms with Crippen LogP contribution < -0.4 is 5.32 Å². The largest absolute Gasteiger partial charge is 0.481 e. The molecule has 0 spiro atoms. The van der Waals surface area contributed by atoms with E-state index in [4.69, 9.17) is 4.74 Å². The lowest BCUT2D eigenvalue weighted by Gasteiger charge is -2.24. The molecule has 2 atom stereocenters. The molecule has 0 fully saturated rings. The van der Waals surface area contributed by atoms with E-state index in [1.165, 1.54) is 11.3 Å². The number of thiophene rings is 1.